The number of benzene rings is 2. The summed E-state index contributed by atoms with van der Waals surface area (Å²) in [7, 11) is 0. The summed E-state index contributed by atoms with van der Waals surface area (Å²) in [5.41, 5.74) is 2.91. The molecule has 0 fully saturated rings. The Morgan fingerprint density at radius 3 is 2.69 bits per heavy atom. The molecule has 0 aliphatic carbocycles. The van der Waals surface area contributed by atoms with Gasteiger partial charge in [0.2, 0.25) is 0 Å². The predicted octanol–water partition coefficient (Wildman–Crippen LogP) is 5.05. The van der Waals surface area contributed by atoms with E-state index in [1.165, 1.54) is 17.3 Å². The van der Waals surface area contributed by atoms with Crippen LogP contribution in [0.25, 0.3) is 10.9 Å². The normalized spacial score (nSPS) is 11.1. The van der Waals surface area contributed by atoms with Crippen LogP contribution in [0.5, 0.6) is 5.75 Å². The van der Waals surface area contributed by atoms with Crippen molar-refractivity contribution in [2.75, 3.05) is 0 Å². The van der Waals surface area contributed by atoms with Gasteiger partial charge in [-0.05, 0) is 38.1 Å². The number of thioether (sulfide) groups is 1. The maximum Gasteiger partial charge on any atom is 0.262 e. The smallest absolute Gasteiger partial charge is 0.262 e. The summed E-state index contributed by atoms with van der Waals surface area (Å²) in [4.78, 5) is 22.1. The molecule has 29 heavy (non-hydrogen) atoms. The minimum absolute atomic E-state index is 0.00562. The Hall–Kier alpha value is -2.64. The van der Waals surface area contributed by atoms with E-state index < -0.39 is 0 Å². The first-order valence-corrected chi connectivity index (χ1v) is 11.3. The zero-order chi connectivity index (χ0) is 20.2. The van der Waals surface area contributed by atoms with Gasteiger partial charge in [0.1, 0.15) is 17.4 Å². The molecule has 0 aliphatic heterocycles. The van der Waals surface area contributed by atoms with Gasteiger partial charge in [-0.3, -0.25) is 9.36 Å². The number of aryl methyl sites for hydroxylation is 1. The standard InChI is InChI=1S/C22H21N3O2S2/c1-3-25-21(26)18-6-4-5-7-19(18)24-22(25)29-14-16-13-28-20(23-16)12-27-17-10-8-15(2)9-11-17/h4-11,13H,3,12,14H2,1-2H3. The number of fused-ring (bicyclic) bond motifs is 1. The van der Waals surface area contributed by atoms with Crippen LogP contribution in [0.3, 0.4) is 0 Å². The lowest BCUT2D eigenvalue weighted by atomic mass is 10.2. The number of para-hydroxylation sites is 1. The average molecular weight is 424 g/mol. The fraction of sp³-hybridized carbons (Fsp3) is 0.227. The van der Waals surface area contributed by atoms with Crippen LogP contribution < -0.4 is 10.3 Å². The third-order valence-corrected chi connectivity index (χ3v) is 6.36. The number of thiazole rings is 1. The first-order chi connectivity index (χ1) is 14.1. The number of ether oxygens (including phenoxy) is 1. The Morgan fingerprint density at radius 2 is 1.90 bits per heavy atom. The molecule has 2 aromatic heterocycles. The van der Waals surface area contributed by atoms with Crippen LogP contribution in [0.2, 0.25) is 0 Å². The lowest BCUT2D eigenvalue weighted by molar-refractivity contribution is 0.305. The Labute approximate surface area is 177 Å². The quantitative estimate of drug-likeness (QED) is 0.307. The monoisotopic (exact) mass is 423 g/mol. The maximum atomic E-state index is 12.7. The van der Waals surface area contributed by atoms with E-state index in [2.05, 4.69) is 16.9 Å². The third kappa shape index (κ3) is 4.52. The predicted molar refractivity (Wildman–Crippen MR) is 119 cm³/mol. The van der Waals surface area contributed by atoms with Crippen LogP contribution in [-0.4, -0.2) is 14.5 Å². The van der Waals surface area contributed by atoms with Gasteiger partial charge in [0.25, 0.3) is 5.56 Å². The molecule has 0 unspecified atom stereocenters. The Bertz CT molecular complexity index is 1180. The number of aromatic nitrogens is 3. The van der Waals surface area contributed by atoms with Gasteiger partial charge in [-0.25, -0.2) is 9.97 Å². The maximum absolute atomic E-state index is 12.7. The molecule has 4 aromatic rings. The van der Waals surface area contributed by atoms with Crippen LogP contribution in [0, 0.1) is 6.92 Å². The van der Waals surface area contributed by atoms with Crippen molar-refractivity contribution in [3.05, 3.63) is 80.5 Å². The van der Waals surface area contributed by atoms with Gasteiger partial charge in [-0.15, -0.1) is 11.3 Å². The molecule has 0 aliphatic rings. The summed E-state index contributed by atoms with van der Waals surface area (Å²) >= 11 is 3.12. The molecule has 4 rings (SSSR count). The van der Waals surface area contributed by atoms with Gasteiger partial charge >= 0.3 is 0 Å². The fourth-order valence-corrected chi connectivity index (χ4v) is 4.70. The summed E-state index contributed by atoms with van der Waals surface area (Å²) in [5, 5.41) is 4.35. The lowest BCUT2D eigenvalue weighted by Gasteiger charge is -2.10. The second kappa shape index (κ2) is 8.80. The average Bonchev–Trinajstić information content (AvgIpc) is 3.20. The van der Waals surface area contributed by atoms with Gasteiger partial charge < -0.3 is 4.74 Å². The summed E-state index contributed by atoms with van der Waals surface area (Å²) in [6.07, 6.45) is 0. The van der Waals surface area contributed by atoms with E-state index >= 15 is 0 Å². The highest BCUT2D eigenvalue weighted by molar-refractivity contribution is 7.98. The molecule has 7 heteroatoms. The highest BCUT2D eigenvalue weighted by Crippen LogP contribution is 2.24. The van der Waals surface area contributed by atoms with Crippen molar-refractivity contribution in [1.82, 2.24) is 14.5 Å². The molecular formula is C22H21N3O2S2. The molecule has 0 radical (unpaired) electrons. The molecule has 148 valence electrons. The van der Waals surface area contributed by atoms with E-state index in [0.29, 0.717) is 24.3 Å². The van der Waals surface area contributed by atoms with Gasteiger partial charge in [-0.2, -0.15) is 0 Å². The first-order valence-electron chi connectivity index (χ1n) is 9.39. The Morgan fingerprint density at radius 1 is 1.10 bits per heavy atom. The van der Waals surface area contributed by atoms with E-state index in [9.17, 15) is 4.79 Å². The number of rotatable bonds is 7. The molecule has 0 saturated heterocycles. The molecular weight excluding hydrogens is 402 g/mol. The topological polar surface area (TPSA) is 57.0 Å². The molecule has 0 bridgehead atoms. The second-order valence-electron chi connectivity index (χ2n) is 6.58. The van der Waals surface area contributed by atoms with E-state index in [0.717, 1.165) is 27.1 Å². The SMILES string of the molecule is CCn1c(SCc2csc(COc3ccc(C)cc3)n2)nc2ccccc2c1=O. The third-order valence-electron chi connectivity index (χ3n) is 4.47. The van der Waals surface area contributed by atoms with E-state index in [1.54, 1.807) is 15.9 Å². The molecule has 0 amide bonds. The molecule has 0 saturated carbocycles. The van der Waals surface area contributed by atoms with Crippen LogP contribution in [0.1, 0.15) is 23.2 Å². The van der Waals surface area contributed by atoms with Crippen LogP contribution in [-0.2, 0) is 18.9 Å². The van der Waals surface area contributed by atoms with Crippen molar-refractivity contribution in [2.45, 2.75) is 37.9 Å². The minimum Gasteiger partial charge on any atom is -0.486 e. The zero-order valence-electron chi connectivity index (χ0n) is 16.3. The van der Waals surface area contributed by atoms with Crippen molar-refractivity contribution in [2.24, 2.45) is 0 Å². The molecule has 2 heterocycles. The van der Waals surface area contributed by atoms with Crippen molar-refractivity contribution in [3.8, 4) is 5.75 Å². The minimum atomic E-state index is 0.00562. The lowest BCUT2D eigenvalue weighted by Crippen LogP contribution is -2.22. The Balaban J connectivity index is 1.44. The summed E-state index contributed by atoms with van der Waals surface area (Å²) in [5.74, 6) is 1.50. The highest BCUT2D eigenvalue weighted by Gasteiger charge is 2.11. The highest BCUT2D eigenvalue weighted by atomic mass is 32.2. The van der Waals surface area contributed by atoms with Crippen molar-refractivity contribution in [1.29, 1.82) is 0 Å². The van der Waals surface area contributed by atoms with Crippen LogP contribution >= 0.6 is 23.1 Å². The number of hydrogen-bond donors (Lipinski definition) is 0. The number of nitrogens with zero attached hydrogens (tertiary/aromatic N) is 3. The van der Waals surface area contributed by atoms with E-state index in [-0.39, 0.29) is 5.56 Å². The molecule has 0 N–H and O–H groups in total. The zero-order valence-corrected chi connectivity index (χ0v) is 17.9. The fourth-order valence-electron chi connectivity index (χ4n) is 2.94. The van der Waals surface area contributed by atoms with Crippen molar-refractivity contribution >= 4 is 34.0 Å². The van der Waals surface area contributed by atoms with Gasteiger partial charge in [0.15, 0.2) is 5.16 Å². The summed E-state index contributed by atoms with van der Waals surface area (Å²) in [6, 6.07) is 15.5. The second-order valence-corrected chi connectivity index (χ2v) is 8.47. The molecule has 5 nitrogen and oxygen atoms in total. The van der Waals surface area contributed by atoms with Crippen molar-refractivity contribution < 1.29 is 4.74 Å². The van der Waals surface area contributed by atoms with E-state index in [1.807, 2.05) is 60.8 Å². The Kier molecular flexibility index (Phi) is 5.97. The van der Waals surface area contributed by atoms with Gasteiger partial charge in [-0.1, -0.05) is 41.6 Å². The van der Waals surface area contributed by atoms with E-state index in [4.69, 9.17) is 4.74 Å². The van der Waals surface area contributed by atoms with Crippen LogP contribution in [0.15, 0.2) is 63.9 Å². The summed E-state index contributed by atoms with van der Waals surface area (Å²) < 4.78 is 7.53. The number of hydrogen-bond acceptors (Lipinski definition) is 6. The molecule has 0 spiro atoms. The molecule has 0 atom stereocenters. The molecule has 2 aromatic carbocycles. The van der Waals surface area contributed by atoms with Crippen molar-refractivity contribution in [3.63, 3.8) is 0 Å². The first kappa shape index (κ1) is 19.7. The van der Waals surface area contributed by atoms with Gasteiger partial charge in [0, 0.05) is 17.7 Å². The van der Waals surface area contributed by atoms with Crippen LogP contribution in [0.4, 0.5) is 0 Å². The largest absolute Gasteiger partial charge is 0.486 e. The van der Waals surface area contributed by atoms with Gasteiger partial charge in [0.05, 0.1) is 16.6 Å². The summed E-state index contributed by atoms with van der Waals surface area (Å²) in [6.45, 7) is 5.06.